The zero-order valence-corrected chi connectivity index (χ0v) is 9.88. The van der Waals surface area contributed by atoms with E-state index in [-0.39, 0.29) is 12.3 Å². The molecule has 1 unspecified atom stereocenters. The third-order valence-corrected chi connectivity index (χ3v) is 2.72. The lowest BCUT2D eigenvalue weighted by Gasteiger charge is -2.26. The number of amides is 1. The minimum absolute atomic E-state index is 0.0196. The van der Waals surface area contributed by atoms with Crippen LogP contribution in [0.25, 0.3) is 0 Å². The van der Waals surface area contributed by atoms with Crippen LogP contribution in [0.15, 0.2) is 18.2 Å². The normalized spacial score (nSPS) is 17.8. The van der Waals surface area contributed by atoms with E-state index in [1.165, 1.54) is 7.11 Å². The van der Waals surface area contributed by atoms with E-state index in [4.69, 9.17) is 11.6 Å². The molecule has 1 aromatic rings. The van der Waals surface area contributed by atoms with Gasteiger partial charge in [0.15, 0.2) is 0 Å². The van der Waals surface area contributed by atoms with Crippen molar-refractivity contribution < 1.29 is 14.3 Å². The third kappa shape index (κ3) is 2.50. The van der Waals surface area contributed by atoms with E-state index in [0.29, 0.717) is 16.4 Å². The number of hydrogen-bond donors (Lipinski definition) is 2. The molecule has 17 heavy (non-hydrogen) atoms. The minimum Gasteiger partial charge on any atom is -0.469 e. The molecule has 1 aliphatic heterocycles. The Kier molecular flexibility index (Phi) is 3.19. The zero-order chi connectivity index (χ0) is 12.4. The summed E-state index contributed by atoms with van der Waals surface area (Å²) in [6, 6.07) is 4.45. The number of carbonyl (C=O) groups excluding carboxylic acids is 2. The van der Waals surface area contributed by atoms with Crippen molar-refractivity contribution in [3.63, 3.8) is 0 Å². The van der Waals surface area contributed by atoms with Gasteiger partial charge in [-0.2, -0.15) is 0 Å². The summed E-state index contributed by atoms with van der Waals surface area (Å²) in [7, 11) is 1.29. The number of esters is 1. The second-order valence-electron chi connectivity index (χ2n) is 3.66. The van der Waals surface area contributed by atoms with Crippen LogP contribution in [0, 0.1) is 0 Å². The third-order valence-electron chi connectivity index (χ3n) is 2.48. The quantitative estimate of drug-likeness (QED) is 0.788. The highest BCUT2D eigenvalue weighted by Gasteiger charge is 2.27. The maximum absolute atomic E-state index is 11.7. The molecule has 0 bridgehead atoms. The van der Waals surface area contributed by atoms with Crippen LogP contribution in [0.5, 0.6) is 0 Å². The van der Waals surface area contributed by atoms with Gasteiger partial charge in [-0.15, -0.1) is 0 Å². The smallest absolute Gasteiger partial charge is 0.308 e. The van der Waals surface area contributed by atoms with Gasteiger partial charge in [0.05, 0.1) is 24.9 Å². The standard InChI is InChI=1S/C11H11ClN2O3/c1-17-10(15)5-9-11(16)14-7-3-2-6(12)4-8(7)13-9/h2-4,9,13H,5H2,1H3,(H,14,16). The lowest BCUT2D eigenvalue weighted by Crippen LogP contribution is -2.40. The fourth-order valence-electron chi connectivity index (χ4n) is 1.61. The average molecular weight is 255 g/mol. The van der Waals surface area contributed by atoms with Crippen molar-refractivity contribution in [1.29, 1.82) is 0 Å². The summed E-state index contributed by atoms with van der Waals surface area (Å²) in [4.78, 5) is 22.8. The predicted molar refractivity (Wildman–Crippen MR) is 64.1 cm³/mol. The van der Waals surface area contributed by atoms with Gasteiger partial charge in [0.1, 0.15) is 6.04 Å². The fraction of sp³-hybridized carbons (Fsp3) is 0.273. The van der Waals surface area contributed by atoms with Crippen LogP contribution >= 0.6 is 11.6 Å². The summed E-state index contributed by atoms with van der Waals surface area (Å²) >= 11 is 5.85. The number of halogens is 1. The monoisotopic (exact) mass is 254 g/mol. The molecule has 1 aromatic carbocycles. The predicted octanol–water partition coefficient (Wildman–Crippen LogP) is 1.64. The van der Waals surface area contributed by atoms with Crippen LogP contribution in [-0.2, 0) is 14.3 Å². The van der Waals surface area contributed by atoms with Crippen LogP contribution in [0.2, 0.25) is 5.02 Å². The Labute approximate surface area is 103 Å². The number of fused-ring (bicyclic) bond motifs is 1. The van der Waals surface area contributed by atoms with Gasteiger partial charge < -0.3 is 15.4 Å². The number of nitrogens with one attached hydrogen (secondary N) is 2. The van der Waals surface area contributed by atoms with Crippen LogP contribution in [0.1, 0.15) is 6.42 Å². The first-order valence-electron chi connectivity index (χ1n) is 5.04. The largest absolute Gasteiger partial charge is 0.469 e. The van der Waals surface area contributed by atoms with Gasteiger partial charge in [0, 0.05) is 5.02 Å². The molecule has 0 radical (unpaired) electrons. The lowest BCUT2D eigenvalue weighted by atomic mass is 10.1. The molecule has 0 saturated heterocycles. The summed E-state index contributed by atoms with van der Waals surface area (Å²) in [5.41, 5.74) is 1.35. The first-order valence-corrected chi connectivity index (χ1v) is 5.41. The molecule has 0 spiro atoms. The van der Waals surface area contributed by atoms with E-state index in [9.17, 15) is 9.59 Å². The van der Waals surface area contributed by atoms with E-state index in [1.54, 1.807) is 18.2 Å². The molecule has 6 heteroatoms. The molecule has 2 rings (SSSR count). The molecule has 5 nitrogen and oxygen atoms in total. The van der Waals surface area contributed by atoms with Crippen molar-refractivity contribution in [2.75, 3.05) is 17.7 Å². The fourth-order valence-corrected chi connectivity index (χ4v) is 1.78. The Hall–Kier alpha value is -1.75. The number of benzene rings is 1. The lowest BCUT2D eigenvalue weighted by molar-refractivity contribution is -0.142. The minimum atomic E-state index is -0.631. The number of hydrogen-bond acceptors (Lipinski definition) is 4. The van der Waals surface area contributed by atoms with Crippen LogP contribution in [0.4, 0.5) is 11.4 Å². The number of anilines is 2. The molecule has 0 saturated carbocycles. The van der Waals surface area contributed by atoms with Crippen LogP contribution < -0.4 is 10.6 Å². The van der Waals surface area contributed by atoms with E-state index in [2.05, 4.69) is 15.4 Å². The van der Waals surface area contributed by atoms with Crippen molar-refractivity contribution in [3.05, 3.63) is 23.2 Å². The zero-order valence-electron chi connectivity index (χ0n) is 9.12. The summed E-state index contributed by atoms with van der Waals surface area (Å²) in [6.45, 7) is 0. The summed E-state index contributed by atoms with van der Waals surface area (Å²) in [6.07, 6.45) is -0.0196. The van der Waals surface area contributed by atoms with Gasteiger partial charge in [0.25, 0.3) is 0 Å². The van der Waals surface area contributed by atoms with Gasteiger partial charge in [0.2, 0.25) is 5.91 Å². The van der Waals surface area contributed by atoms with Gasteiger partial charge in [-0.1, -0.05) is 11.6 Å². The molecule has 0 fully saturated rings. The number of methoxy groups -OCH3 is 1. The Morgan fingerprint density at radius 2 is 2.24 bits per heavy atom. The molecule has 2 N–H and O–H groups in total. The van der Waals surface area contributed by atoms with Crippen molar-refractivity contribution in [3.8, 4) is 0 Å². The second kappa shape index (κ2) is 4.63. The molecule has 0 aliphatic carbocycles. The Bertz CT molecular complexity index is 476. The molecular weight excluding hydrogens is 244 g/mol. The highest BCUT2D eigenvalue weighted by atomic mass is 35.5. The second-order valence-corrected chi connectivity index (χ2v) is 4.09. The van der Waals surface area contributed by atoms with Gasteiger partial charge in [-0.05, 0) is 18.2 Å². The van der Waals surface area contributed by atoms with Crippen molar-refractivity contribution in [1.82, 2.24) is 0 Å². The highest BCUT2D eigenvalue weighted by Crippen LogP contribution is 2.30. The SMILES string of the molecule is COC(=O)CC1Nc2cc(Cl)ccc2NC1=O. The number of ether oxygens (including phenoxy) is 1. The molecule has 1 aliphatic rings. The van der Waals surface area contributed by atoms with E-state index in [0.717, 1.165) is 0 Å². The number of rotatable bonds is 2. The van der Waals surface area contributed by atoms with Crippen molar-refractivity contribution >= 4 is 34.9 Å². The topological polar surface area (TPSA) is 67.4 Å². The molecule has 90 valence electrons. The molecule has 1 amide bonds. The maximum Gasteiger partial charge on any atom is 0.308 e. The van der Waals surface area contributed by atoms with E-state index < -0.39 is 12.0 Å². The molecule has 1 heterocycles. The summed E-state index contributed by atoms with van der Waals surface area (Å²) in [5.74, 6) is -0.701. The Balaban J connectivity index is 2.19. The van der Waals surface area contributed by atoms with Crippen molar-refractivity contribution in [2.45, 2.75) is 12.5 Å². The number of carbonyl (C=O) groups is 2. The van der Waals surface area contributed by atoms with E-state index in [1.807, 2.05) is 0 Å². The van der Waals surface area contributed by atoms with Gasteiger partial charge in [-0.3, -0.25) is 9.59 Å². The van der Waals surface area contributed by atoms with Gasteiger partial charge >= 0.3 is 5.97 Å². The molecule has 0 aromatic heterocycles. The first kappa shape index (κ1) is 11.7. The Morgan fingerprint density at radius 1 is 1.47 bits per heavy atom. The van der Waals surface area contributed by atoms with Crippen molar-refractivity contribution in [2.24, 2.45) is 0 Å². The molecule has 1 atom stereocenters. The van der Waals surface area contributed by atoms with E-state index >= 15 is 0 Å². The summed E-state index contributed by atoms with van der Waals surface area (Å²) < 4.78 is 4.53. The Morgan fingerprint density at radius 3 is 2.94 bits per heavy atom. The highest BCUT2D eigenvalue weighted by molar-refractivity contribution is 6.31. The van der Waals surface area contributed by atoms with Gasteiger partial charge in [-0.25, -0.2) is 0 Å². The molecular formula is C11H11ClN2O3. The van der Waals surface area contributed by atoms with Crippen LogP contribution in [0.3, 0.4) is 0 Å². The van der Waals surface area contributed by atoms with Crippen LogP contribution in [-0.4, -0.2) is 25.0 Å². The average Bonchev–Trinajstić information content (AvgIpc) is 2.30. The first-order chi connectivity index (χ1) is 8.10. The summed E-state index contributed by atoms with van der Waals surface area (Å²) in [5, 5.41) is 6.21. The maximum atomic E-state index is 11.7.